The standard InChI is InChI=1S/C13H16N2O3/c1-3-11(17)15-8-12(18)14(2)13(15)9-4-6-10(16)7-5-9/h4-7,13,16H,3,8H2,1-2H3. The molecule has 1 N–H and O–H groups in total. The molecule has 1 unspecified atom stereocenters. The average molecular weight is 248 g/mol. The Morgan fingerprint density at radius 3 is 2.56 bits per heavy atom. The summed E-state index contributed by atoms with van der Waals surface area (Å²) in [7, 11) is 1.68. The number of carbonyl (C=O) groups excluding carboxylic acids is 2. The van der Waals surface area contributed by atoms with Crippen LogP contribution in [0, 0.1) is 0 Å². The maximum Gasteiger partial charge on any atom is 0.243 e. The van der Waals surface area contributed by atoms with E-state index in [0.29, 0.717) is 6.42 Å². The van der Waals surface area contributed by atoms with E-state index in [4.69, 9.17) is 0 Å². The van der Waals surface area contributed by atoms with Crippen LogP contribution in [0.15, 0.2) is 24.3 Å². The van der Waals surface area contributed by atoms with Gasteiger partial charge in [-0.25, -0.2) is 0 Å². The van der Waals surface area contributed by atoms with Crippen molar-refractivity contribution in [1.82, 2.24) is 9.80 Å². The zero-order valence-electron chi connectivity index (χ0n) is 10.5. The Labute approximate surface area is 106 Å². The van der Waals surface area contributed by atoms with E-state index in [0.717, 1.165) is 5.56 Å². The number of phenols is 1. The number of likely N-dealkylation sites (N-methyl/N-ethyl adjacent to an activating group) is 1. The minimum atomic E-state index is -0.370. The molecule has 5 nitrogen and oxygen atoms in total. The van der Waals surface area contributed by atoms with Crippen molar-refractivity contribution in [3.63, 3.8) is 0 Å². The van der Waals surface area contributed by atoms with Gasteiger partial charge in [-0.2, -0.15) is 0 Å². The first-order valence-electron chi connectivity index (χ1n) is 5.88. The first-order valence-corrected chi connectivity index (χ1v) is 5.88. The van der Waals surface area contributed by atoms with Gasteiger partial charge in [0.15, 0.2) is 0 Å². The predicted molar refractivity (Wildman–Crippen MR) is 65.6 cm³/mol. The van der Waals surface area contributed by atoms with Crippen LogP contribution in [-0.2, 0) is 9.59 Å². The predicted octanol–water partition coefficient (Wildman–Crippen LogP) is 1.10. The van der Waals surface area contributed by atoms with Gasteiger partial charge in [0.25, 0.3) is 0 Å². The van der Waals surface area contributed by atoms with Gasteiger partial charge < -0.3 is 14.9 Å². The topological polar surface area (TPSA) is 60.9 Å². The quantitative estimate of drug-likeness (QED) is 0.852. The number of hydrogen-bond acceptors (Lipinski definition) is 3. The van der Waals surface area contributed by atoms with Crippen molar-refractivity contribution in [3.8, 4) is 5.75 Å². The number of hydrogen-bond donors (Lipinski definition) is 1. The number of phenolic OH excluding ortho intramolecular Hbond substituents is 1. The Bertz CT molecular complexity index is 470. The first-order chi connectivity index (χ1) is 8.54. The third kappa shape index (κ3) is 2.03. The summed E-state index contributed by atoms with van der Waals surface area (Å²) in [6, 6.07) is 6.57. The molecule has 2 amide bonds. The molecule has 1 aliphatic heterocycles. The van der Waals surface area contributed by atoms with Gasteiger partial charge in [-0.05, 0) is 17.7 Å². The van der Waals surface area contributed by atoms with Gasteiger partial charge in [-0.1, -0.05) is 19.1 Å². The van der Waals surface area contributed by atoms with Crippen molar-refractivity contribution in [3.05, 3.63) is 29.8 Å². The van der Waals surface area contributed by atoms with Crippen LogP contribution in [0.2, 0.25) is 0 Å². The molecule has 0 bridgehead atoms. The maximum atomic E-state index is 11.9. The second-order valence-electron chi connectivity index (χ2n) is 4.35. The Hall–Kier alpha value is -2.04. The van der Waals surface area contributed by atoms with E-state index < -0.39 is 0 Å². The molecule has 96 valence electrons. The molecule has 1 saturated heterocycles. The van der Waals surface area contributed by atoms with Crippen molar-refractivity contribution in [2.45, 2.75) is 19.5 Å². The minimum Gasteiger partial charge on any atom is -0.508 e. The Morgan fingerprint density at radius 2 is 2.00 bits per heavy atom. The Balaban J connectivity index is 2.35. The fraction of sp³-hybridized carbons (Fsp3) is 0.385. The van der Waals surface area contributed by atoms with Gasteiger partial charge >= 0.3 is 0 Å². The molecule has 1 aromatic rings. The summed E-state index contributed by atoms with van der Waals surface area (Å²) in [6.07, 6.45) is 0.000877. The lowest BCUT2D eigenvalue weighted by Crippen LogP contribution is -2.33. The zero-order valence-corrected chi connectivity index (χ0v) is 10.5. The summed E-state index contributed by atoms with van der Waals surface area (Å²) in [5, 5.41) is 9.28. The van der Waals surface area contributed by atoms with Crippen LogP contribution in [-0.4, -0.2) is 40.3 Å². The molecule has 0 aromatic heterocycles. The molecular formula is C13H16N2O3. The first kappa shape index (κ1) is 12.4. The van der Waals surface area contributed by atoms with Crippen LogP contribution < -0.4 is 0 Å². The molecule has 0 aliphatic carbocycles. The van der Waals surface area contributed by atoms with Gasteiger partial charge in [-0.3, -0.25) is 9.59 Å². The highest BCUT2D eigenvalue weighted by atomic mass is 16.3. The summed E-state index contributed by atoms with van der Waals surface area (Å²) in [5.74, 6) is 0.0414. The van der Waals surface area contributed by atoms with Crippen molar-refractivity contribution in [1.29, 1.82) is 0 Å². The van der Waals surface area contributed by atoms with E-state index in [1.165, 1.54) is 0 Å². The second-order valence-corrected chi connectivity index (χ2v) is 4.35. The van der Waals surface area contributed by atoms with Gasteiger partial charge in [0.05, 0.1) is 0 Å². The number of aromatic hydroxyl groups is 1. The molecule has 0 spiro atoms. The highest BCUT2D eigenvalue weighted by Gasteiger charge is 2.38. The lowest BCUT2D eigenvalue weighted by molar-refractivity contribution is -0.133. The number of nitrogens with zero attached hydrogens (tertiary/aromatic N) is 2. The molecule has 1 aromatic carbocycles. The van der Waals surface area contributed by atoms with Gasteiger partial charge in [0, 0.05) is 13.5 Å². The highest BCUT2D eigenvalue weighted by molar-refractivity contribution is 5.88. The fourth-order valence-electron chi connectivity index (χ4n) is 2.17. The number of rotatable bonds is 2. The van der Waals surface area contributed by atoms with Crippen LogP contribution in [0.25, 0.3) is 0 Å². The van der Waals surface area contributed by atoms with Crippen LogP contribution in [0.1, 0.15) is 25.1 Å². The molecule has 1 heterocycles. The number of carbonyl (C=O) groups is 2. The molecule has 5 heteroatoms. The van der Waals surface area contributed by atoms with E-state index in [2.05, 4.69) is 0 Å². The molecule has 0 saturated carbocycles. The van der Waals surface area contributed by atoms with Gasteiger partial charge in [0.1, 0.15) is 18.5 Å². The smallest absolute Gasteiger partial charge is 0.243 e. The summed E-state index contributed by atoms with van der Waals surface area (Å²) in [6.45, 7) is 1.90. The molecule has 18 heavy (non-hydrogen) atoms. The molecule has 0 radical (unpaired) electrons. The maximum absolute atomic E-state index is 11.9. The summed E-state index contributed by atoms with van der Waals surface area (Å²) in [4.78, 5) is 26.7. The van der Waals surface area contributed by atoms with Crippen molar-refractivity contribution in [2.24, 2.45) is 0 Å². The summed E-state index contributed by atoms with van der Waals surface area (Å²) in [5.41, 5.74) is 0.822. The molecule has 1 atom stereocenters. The van der Waals surface area contributed by atoms with Crippen LogP contribution in [0.3, 0.4) is 0 Å². The second kappa shape index (κ2) is 4.68. The van der Waals surface area contributed by atoms with E-state index in [1.807, 2.05) is 0 Å². The number of benzene rings is 1. The zero-order chi connectivity index (χ0) is 13.3. The van der Waals surface area contributed by atoms with Crippen molar-refractivity contribution in [2.75, 3.05) is 13.6 Å². The Morgan fingerprint density at radius 1 is 1.39 bits per heavy atom. The average Bonchev–Trinajstić information content (AvgIpc) is 2.66. The largest absolute Gasteiger partial charge is 0.508 e. The highest BCUT2D eigenvalue weighted by Crippen LogP contribution is 2.30. The van der Waals surface area contributed by atoms with E-state index in [9.17, 15) is 14.7 Å². The summed E-state index contributed by atoms with van der Waals surface area (Å²) >= 11 is 0. The van der Waals surface area contributed by atoms with E-state index >= 15 is 0 Å². The SMILES string of the molecule is CCC(=O)N1CC(=O)N(C)C1c1ccc(O)cc1. The van der Waals surface area contributed by atoms with Crippen LogP contribution in [0.5, 0.6) is 5.75 Å². The van der Waals surface area contributed by atoms with Gasteiger partial charge in [0.2, 0.25) is 11.8 Å². The Kier molecular flexibility index (Phi) is 3.23. The lowest BCUT2D eigenvalue weighted by Gasteiger charge is -2.27. The minimum absolute atomic E-state index is 0.0502. The molecule has 2 rings (SSSR count). The van der Waals surface area contributed by atoms with Crippen molar-refractivity contribution >= 4 is 11.8 Å². The lowest BCUT2D eigenvalue weighted by atomic mass is 10.1. The van der Waals surface area contributed by atoms with E-state index in [-0.39, 0.29) is 30.3 Å². The fourth-order valence-corrected chi connectivity index (χ4v) is 2.17. The van der Waals surface area contributed by atoms with Gasteiger partial charge in [-0.15, -0.1) is 0 Å². The number of amides is 2. The van der Waals surface area contributed by atoms with E-state index in [1.54, 1.807) is 48.0 Å². The van der Waals surface area contributed by atoms with Crippen LogP contribution >= 0.6 is 0 Å². The molecule has 1 fully saturated rings. The third-order valence-corrected chi connectivity index (χ3v) is 3.18. The van der Waals surface area contributed by atoms with Crippen molar-refractivity contribution < 1.29 is 14.7 Å². The molecular weight excluding hydrogens is 232 g/mol. The monoisotopic (exact) mass is 248 g/mol. The van der Waals surface area contributed by atoms with Crippen LogP contribution in [0.4, 0.5) is 0 Å². The third-order valence-electron chi connectivity index (χ3n) is 3.18. The summed E-state index contributed by atoms with van der Waals surface area (Å²) < 4.78 is 0. The molecule has 1 aliphatic rings. The normalized spacial score (nSPS) is 19.4.